The number of carbonyl (C=O) groups is 2. The van der Waals surface area contributed by atoms with Crippen molar-refractivity contribution in [1.29, 1.82) is 0 Å². The Morgan fingerprint density at radius 2 is 2.30 bits per heavy atom. The molecule has 1 aromatic carbocycles. The van der Waals surface area contributed by atoms with E-state index in [4.69, 9.17) is 9.47 Å². The molecule has 1 aliphatic rings. The number of nitrogens with one attached hydrogen (secondary N) is 2. The van der Waals surface area contributed by atoms with Gasteiger partial charge in [0.15, 0.2) is 5.65 Å². The molecule has 4 rings (SSSR count). The molecule has 2 aromatic heterocycles. The van der Waals surface area contributed by atoms with E-state index >= 15 is 0 Å². The lowest BCUT2D eigenvalue weighted by atomic mass is 10.0. The molecule has 10 nitrogen and oxygen atoms in total. The molecule has 0 spiro atoms. The largest absolute Gasteiger partial charge is 0.478 e. The lowest BCUT2D eigenvalue weighted by Gasteiger charge is -2.30. The van der Waals surface area contributed by atoms with E-state index in [0.29, 0.717) is 31.2 Å². The highest BCUT2D eigenvalue weighted by Gasteiger charge is 2.23. The van der Waals surface area contributed by atoms with Gasteiger partial charge in [0, 0.05) is 37.2 Å². The third-order valence-electron chi connectivity index (χ3n) is 5.69. The molecular weight excluding hydrogens is 424 g/mol. The van der Waals surface area contributed by atoms with Crippen molar-refractivity contribution in [3.8, 4) is 17.1 Å². The van der Waals surface area contributed by atoms with Crippen molar-refractivity contribution in [3.63, 3.8) is 0 Å². The molecule has 0 aliphatic carbocycles. The Bertz CT molecular complexity index is 1150. The fraction of sp³-hybridized carbons (Fsp3) is 0.391. The third-order valence-corrected chi connectivity index (χ3v) is 5.69. The van der Waals surface area contributed by atoms with Gasteiger partial charge in [-0.15, -0.1) is 0 Å². The molecule has 1 fully saturated rings. The van der Waals surface area contributed by atoms with Crippen molar-refractivity contribution in [3.05, 3.63) is 48.4 Å². The summed E-state index contributed by atoms with van der Waals surface area (Å²) in [4.78, 5) is 35.0. The van der Waals surface area contributed by atoms with E-state index in [1.165, 1.54) is 0 Å². The summed E-state index contributed by atoms with van der Waals surface area (Å²) in [7, 11) is 1.57. The first kappa shape index (κ1) is 22.5. The maximum absolute atomic E-state index is 12.9. The maximum atomic E-state index is 12.9. The quantitative estimate of drug-likeness (QED) is 0.568. The number of morpholine rings is 1. The van der Waals surface area contributed by atoms with Gasteiger partial charge in [-0.05, 0) is 25.5 Å². The zero-order chi connectivity index (χ0) is 23.4. The van der Waals surface area contributed by atoms with E-state index < -0.39 is 0 Å². The van der Waals surface area contributed by atoms with Crippen LogP contribution in [0.25, 0.3) is 16.9 Å². The summed E-state index contributed by atoms with van der Waals surface area (Å²) in [5, 5.41) is 5.72. The van der Waals surface area contributed by atoms with Gasteiger partial charge in [-0.2, -0.15) is 0 Å². The first-order chi connectivity index (χ1) is 16.0. The van der Waals surface area contributed by atoms with Gasteiger partial charge >= 0.3 is 6.03 Å². The highest BCUT2D eigenvalue weighted by molar-refractivity contribution is 5.78. The number of aromatic nitrogens is 3. The topological polar surface area (TPSA) is 110 Å². The summed E-state index contributed by atoms with van der Waals surface area (Å²) in [6.45, 7) is 5.20. The molecule has 1 unspecified atom stereocenters. The molecule has 2 N–H and O–H groups in total. The zero-order valence-corrected chi connectivity index (χ0v) is 18.9. The number of amides is 3. The summed E-state index contributed by atoms with van der Waals surface area (Å²) in [5.41, 5.74) is 3.28. The van der Waals surface area contributed by atoms with Crippen LogP contribution in [-0.4, -0.2) is 70.7 Å². The Balaban J connectivity index is 1.50. The molecule has 2 atom stereocenters. The van der Waals surface area contributed by atoms with Gasteiger partial charge in [0.1, 0.15) is 6.61 Å². The van der Waals surface area contributed by atoms with Crippen LogP contribution in [0.2, 0.25) is 0 Å². The average Bonchev–Trinajstić information content (AvgIpc) is 3.31. The molecule has 0 saturated carbocycles. The Morgan fingerprint density at radius 1 is 1.45 bits per heavy atom. The van der Waals surface area contributed by atoms with Crippen molar-refractivity contribution in [2.45, 2.75) is 25.9 Å². The predicted molar refractivity (Wildman–Crippen MR) is 122 cm³/mol. The first-order valence-corrected chi connectivity index (χ1v) is 10.9. The van der Waals surface area contributed by atoms with Crippen LogP contribution in [0.1, 0.15) is 25.5 Å². The predicted octanol–water partition coefficient (Wildman–Crippen LogP) is 2.01. The van der Waals surface area contributed by atoms with Crippen LogP contribution in [0, 0.1) is 0 Å². The standard InChI is InChI=1S/C23H28N6O4/c1-4-29(23(31)25-11-18-13-33-14-20(30)26-18)15(2)16-6-5-7-17(10-16)19-12-28-9-8-24-21(28)22(27-19)32-3/h5-10,12,15,18H,4,11,13-14H2,1-3H3,(H,25,31)(H,26,30)/t15-,18?/m1/s1. The Kier molecular flexibility index (Phi) is 6.74. The van der Waals surface area contributed by atoms with Gasteiger partial charge in [0.25, 0.3) is 5.88 Å². The summed E-state index contributed by atoms with van der Waals surface area (Å²) >= 11 is 0. The summed E-state index contributed by atoms with van der Waals surface area (Å²) in [6, 6.07) is 7.34. The second-order valence-electron chi connectivity index (χ2n) is 7.85. The van der Waals surface area contributed by atoms with Crippen molar-refractivity contribution < 1.29 is 19.1 Å². The number of nitrogens with zero attached hydrogens (tertiary/aromatic N) is 4. The van der Waals surface area contributed by atoms with Crippen molar-refractivity contribution in [1.82, 2.24) is 29.9 Å². The van der Waals surface area contributed by atoms with E-state index in [1.807, 2.05) is 54.9 Å². The van der Waals surface area contributed by atoms with Crippen LogP contribution in [0.15, 0.2) is 42.9 Å². The van der Waals surface area contributed by atoms with Gasteiger partial charge in [-0.1, -0.05) is 18.2 Å². The van der Waals surface area contributed by atoms with Crippen LogP contribution in [0.3, 0.4) is 0 Å². The lowest BCUT2D eigenvalue weighted by Crippen LogP contribution is -2.53. The highest BCUT2D eigenvalue weighted by atomic mass is 16.5. The Morgan fingerprint density at radius 3 is 3.06 bits per heavy atom. The number of hydrogen-bond donors (Lipinski definition) is 2. The first-order valence-electron chi connectivity index (χ1n) is 10.9. The molecule has 33 heavy (non-hydrogen) atoms. The number of methoxy groups -OCH3 is 1. The number of urea groups is 1. The normalized spacial score (nSPS) is 16.8. The van der Waals surface area contributed by atoms with Gasteiger partial charge in [-0.3, -0.25) is 4.79 Å². The summed E-state index contributed by atoms with van der Waals surface area (Å²) in [5.74, 6) is 0.279. The van der Waals surface area contributed by atoms with Crippen LogP contribution < -0.4 is 15.4 Å². The molecule has 3 aromatic rings. The molecule has 1 saturated heterocycles. The van der Waals surface area contributed by atoms with Crippen molar-refractivity contribution in [2.24, 2.45) is 0 Å². The van der Waals surface area contributed by atoms with E-state index in [2.05, 4.69) is 20.6 Å². The number of hydrogen-bond acceptors (Lipinski definition) is 6. The minimum atomic E-state index is -0.230. The van der Waals surface area contributed by atoms with Crippen LogP contribution in [-0.2, 0) is 9.53 Å². The Hall–Kier alpha value is -3.66. The molecule has 0 radical (unpaired) electrons. The molecule has 174 valence electrons. The molecule has 3 amide bonds. The SMILES string of the molecule is CCN(C(=O)NCC1COCC(=O)N1)[C@H](C)c1cccc(-c2cn3ccnc3c(OC)n2)c1. The van der Waals surface area contributed by atoms with Crippen molar-refractivity contribution >= 4 is 17.6 Å². The number of ether oxygens (including phenoxy) is 2. The molecular formula is C23H28N6O4. The van der Waals surface area contributed by atoms with Crippen LogP contribution in [0.5, 0.6) is 5.88 Å². The fourth-order valence-corrected chi connectivity index (χ4v) is 3.94. The monoisotopic (exact) mass is 452 g/mol. The van der Waals surface area contributed by atoms with E-state index in [9.17, 15) is 9.59 Å². The maximum Gasteiger partial charge on any atom is 0.317 e. The minimum absolute atomic E-state index is 0.0629. The smallest absolute Gasteiger partial charge is 0.317 e. The number of benzene rings is 1. The van der Waals surface area contributed by atoms with Crippen LogP contribution in [0.4, 0.5) is 4.79 Å². The second-order valence-corrected chi connectivity index (χ2v) is 7.85. The molecule has 10 heteroatoms. The number of imidazole rings is 1. The van der Waals surface area contributed by atoms with E-state index in [1.54, 1.807) is 18.2 Å². The fourth-order valence-electron chi connectivity index (χ4n) is 3.94. The van der Waals surface area contributed by atoms with Crippen molar-refractivity contribution in [2.75, 3.05) is 33.4 Å². The molecule has 1 aliphatic heterocycles. The van der Waals surface area contributed by atoms with Gasteiger partial charge in [0.05, 0.1) is 31.5 Å². The lowest BCUT2D eigenvalue weighted by molar-refractivity contribution is -0.131. The van der Waals surface area contributed by atoms with Gasteiger partial charge in [0.2, 0.25) is 5.91 Å². The average molecular weight is 453 g/mol. The summed E-state index contributed by atoms with van der Waals surface area (Å²) in [6.07, 6.45) is 5.45. The number of carbonyl (C=O) groups excluding carboxylic acids is 2. The third kappa shape index (κ3) is 4.90. The number of fused-ring (bicyclic) bond motifs is 1. The minimum Gasteiger partial charge on any atom is -0.478 e. The molecule has 0 bridgehead atoms. The van der Waals surface area contributed by atoms with Crippen LogP contribution >= 0.6 is 0 Å². The van der Waals surface area contributed by atoms with Gasteiger partial charge in [-0.25, -0.2) is 14.8 Å². The second kappa shape index (κ2) is 9.86. The zero-order valence-electron chi connectivity index (χ0n) is 18.9. The highest BCUT2D eigenvalue weighted by Crippen LogP contribution is 2.27. The van der Waals surface area contributed by atoms with Gasteiger partial charge < -0.3 is 29.4 Å². The van der Waals surface area contributed by atoms with E-state index in [0.717, 1.165) is 16.8 Å². The number of rotatable bonds is 7. The Labute approximate surface area is 191 Å². The summed E-state index contributed by atoms with van der Waals surface area (Å²) < 4.78 is 12.5. The molecule has 3 heterocycles. The van der Waals surface area contributed by atoms with E-state index in [-0.39, 0.29) is 30.6 Å².